The SMILES string of the molecule is COC(=O)C1CC[NH+]([C@H](C)C(=O)Nc2ccc(S(=O)(=O)N3CCCC3)cc2)CC1. The zero-order valence-electron chi connectivity index (χ0n) is 17.0. The van der Waals surface area contributed by atoms with E-state index < -0.39 is 10.0 Å². The molecule has 0 radical (unpaired) electrons. The number of piperidine rings is 1. The molecule has 9 heteroatoms. The molecular weight excluding hydrogens is 394 g/mol. The highest BCUT2D eigenvalue weighted by atomic mass is 32.2. The average Bonchev–Trinajstić information content (AvgIpc) is 3.29. The molecule has 1 aromatic rings. The van der Waals surface area contributed by atoms with E-state index in [-0.39, 0.29) is 28.7 Å². The lowest BCUT2D eigenvalue weighted by Gasteiger charge is -2.31. The van der Waals surface area contributed by atoms with Crippen LogP contribution < -0.4 is 10.2 Å². The number of esters is 1. The van der Waals surface area contributed by atoms with E-state index in [9.17, 15) is 18.0 Å². The molecular formula is C20H30N3O5S+. The third-order valence-electron chi connectivity index (χ3n) is 5.99. The van der Waals surface area contributed by atoms with Gasteiger partial charge in [-0.2, -0.15) is 4.31 Å². The van der Waals surface area contributed by atoms with Gasteiger partial charge in [0.15, 0.2) is 6.04 Å². The van der Waals surface area contributed by atoms with Gasteiger partial charge in [-0.15, -0.1) is 0 Å². The van der Waals surface area contributed by atoms with Crippen LogP contribution in [0.15, 0.2) is 29.2 Å². The number of amides is 1. The molecule has 2 heterocycles. The summed E-state index contributed by atoms with van der Waals surface area (Å²) in [5, 5.41) is 2.87. The third kappa shape index (κ3) is 4.96. The Morgan fingerprint density at radius 2 is 1.72 bits per heavy atom. The second kappa shape index (κ2) is 9.23. The molecule has 0 unspecified atom stereocenters. The first-order valence-corrected chi connectivity index (χ1v) is 11.6. The number of methoxy groups -OCH3 is 1. The van der Waals surface area contributed by atoms with Crippen LogP contribution >= 0.6 is 0 Å². The number of likely N-dealkylation sites (tertiary alicyclic amines) is 1. The van der Waals surface area contributed by atoms with Crippen molar-refractivity contribution in [3.05, 3.63) is 24.3 Å². The molecule has 2 aliphatic heterocycles. The number of nitrogens with one attached hydrogen (secondary N) is 2. The van der Waals surface area contributed by atoms with Crippen molar-refractivity contribution in [3.63, 3.8) is 0 Å². The summed E-state index contributed by atoms with van der Waals surface area (Å²) >= 11 is 0. The summed E-state index contributed by atoms with van der Waals surface area (Å²) < 4.78 is 31.5. The number of carbonyl (C=O) groups excluding carboxylic acids is 2. The van der Waals surface area contributed by atoms with E-state index in [2.05, 4.69) is 5.32 Å². The number of hydrogen-bond donors (Lipinski definition) is 2. The number of ether oxygens (including phenoxy) is 1. The van der Waals surface area contributed by atoms with E-state index in [1.807, 2.05) is 6.92 Å². The van der Waals surface area contributed by atoms with E-state index in [1.54, 1.807) is 24.3 Å². The number of benzene rings is 1. The fourth-order valence-electron chi connectivity index (χ4n) is 4.05. The number of hydrogen-bond acceptors (Lipinski definition) is 5. The van der Waals surface area contributed by atoms with Crippen LogP contribution in [0.3, 0.4) is 0 Å². The molecule has 0 spiro atoms. The lowest BCUT2D eigenvalue weighted by Crippen LogP contribution is -3.17. The Balaban J connectivity index is 1.56. The van der Waals surface area contributed by atoms with Gasteiger partial charge < -0.3 is 15.0 Å². The van der Waals surface area contributed by atoms with Gasteiger partial charge in [0.1, 0.15) is 0 Å². The summed E-state index contributed by atoms with van der Waals surface area (Å²) in [5.41, 5.74) is 0.575. The molecule has 3 rings (SSSR count). The maximum Gasteiger partial charge on any atom is 0.309 e. The highest BCUT2D eigenvalue weighted by Crippen LogP contribution is 2.22. The molecule has 0 saturated carbocycles. The number of quaternary nitrogens is 1. The Bertz CT molecular complexity index is 826. The van der Waals surface area contributed by atoms with Crippen molar-refractivity contribution in [2.75, 3.05) is 38.6 Å². The van der Waals surface area contributed by atoms with E-state index in [4.69, 9.17) is 4.74 Å². The van der Waals surface area contributed by atoms with Crippen molar-refractivity contribution in [3.8, 4) is 0 Å². The van der Waals surface area contributed by atoms with Crippen molar-refractivity contribution in [1.29, 1.82) is 0 Å². The molecule has 0 aliphatic carbocycles. The van der Waals surface area contributed by atoms with Crippen LogP contribution in [0.1, 0.15) is 32.6 Å². The highest BCUT2D eigenvalue weighted by molar-refractivity contribution is 7.89. The normalized spacial score (nSPS) is 24.1. The number of sulfonamides is 1. The zero-order chi connectivity index (χ0) is 21.0. The van der Waals surface area contributed by atoms with Gasteiger partial charge in [0.25, 0.3) is 5.91 Å². The molecule has 2 N–H and O–H groups in total. The first-order chi connectivity index (χ1) is 13.8. The maximum atomic E-state index is 12.6. The lowest BCUT2D eigenvalue weighted by molar-refractivity contribution is -0.919. The number of rotatable bonds is 6. The molecule has 0 aromatic heterocycles. The second-order valence-electron chi connectivity index (χ2n) is 7.80. The summed E-state index contributed by atoms with van der Waals surface area (Å²) in [5.74, 6) is -0.374. The minimum Gasteiger partial charge on any atom is -0.469 e. The third-order valence-corrected chi connectivity index (χ3v) is 7.91. The molecule has 2 aliphatic rings. The largest absolute Gasteiger partial charge is 0.469 e. The zero-order valence-corrected chi connectivity index (χ0v) is 17.8. The second-order valence-corrected chi connectivity index (χ2v) is 9.74. The van der Waals surface area contributed by atoms with Gasteiger partial charge in [0.05, 0.1) is 31.0 Å². The predicted molar refractivity (Wildman–Crippen MR) is 108 cm³/mol. The highest BCUT2D eigenvalue weighted by Gasteiger charge is 2.33. The van der Waals surface area contributed by atoms with Crippen LogP contribution in [0.25, 0.3) is 0 Å². The summed E-state index contributed by atoms with van der Waals surface area (Å²) in [4.78, 5) is 25.7. The first kappa shape index (κ1) is 21.7. The molecule has 8 nitrogen and oxygen atoms in total. The molecule has 0 bridgehead atoms. The van der Waals surface area contributed by atoms with Gasteiger partial charge >= 0.3 is 5.97 Å². The van der Waals surface area contributed by atoms with Gasteiger partial charge in [-0.25, -0.2) is 8.42 Å². The predicted octanol–water partition coefficient (Wildman–Crippen LogP) is 0.266. The Hall–Kier alpha value is -1.97. The van der Waals surface area contributed by atoms with Crippen LogP contribution in [0.4, 0.5) is 5.69 Å². The fraction of sp³-hybridized carbons (Fsp3) is 0.600. The number of nitrogens with zero attached hydrogens (tertiary/aromatic N) is 1. The first-order valence-electron chi connectivity index (χ1n) is 10.2. The number of anilines is 1. The Morgan fingerprint density at radius 3 is 2.28 bits per heavy atom. The molecule has 29 heavy (non-hydrogen) atoms. The Morgan fingerprint density at radius 1 is 1.14 bits per heavy atom. The van der Waals surface area contributed by atoms with Gasteiger partial charge in [0.2, 0.25) is 10.0 Å². The molecule has 1 atom stereocenters. The van der Waals surface area contributed by atoms with Crippen LogP contribution in [-0.4, -0.2) is 63.9 Å². The number of carbonyl (C=O) groups is 2. The average molecular weight is 425 g/mol. The minimum absolute atomic E-state index is 0.0795. The van der Waals surface area contributed by atoms with Crippen molar-refractivity contribution >= 4 is 27.6 Å². The minimum atomic E-state index is -3.45. The summed E-state index contributed by atoms with van der Waals surface area (Å²) in [6, 6.07) is 6.09. The standard InChI is InChI=1S/C20H29N3O5S/c1-15(22-13-9-16(10-14-22)20(25)28-2)19(24)21-17-5-7-18(8-6-17)29(26,27)23-11-3-4-12-23/h5-8,15-16H,3-4,9-14H2,1-2H3,(H,21,24)/p+1/t15-/m1/s1. The molecule has 2 saturated heterocycles. The maximum absolute atomic E-state index is 12.6. The molecule has 1 amide bonds. The molecule has 1 aromatic carbocycles. The van der Waals surface area contributed by atoms with Crippen molar-refractivity contribution in [2.24, 2.45) is 5.92 Å². The fourth-order valence-corrected chi connectivity index (χ4v) is 5.56. The Labute approximate surface area is 172 Å². The quantitative estimate of drug-likeness (QED) is 0.639. The van der Waals surface area contributed by atoms with Gasteiger partial charge in [-0.1, -0.05) is 0 Å². The Kier molecular flexibility index (Phi) is 6.92. The smallest absolute Gasteiger partial charge is 0.309 e. The van der Waals surface area contributed by atoms with Crippen molar-refractivity contribution in [1.82, 2.24) is 4.31 Å². The van der Waals surface area contributed by atoms with E-state index in [0.717, 1.165) is 30.8 Å². The molecule has 160 valence electrons. The van der Waals surface area contributed by atoms with E-state index in [0.29, 0.717) is 31.6 Å². The van der Waals surface area contributed by atoms with Crippen LogP contribution in [0.5, 0.6) is 0 Å². The lowest BCUT2D eigenvalue weighted by atomic mass is 9.96. The summed E-state index contributed by atoms with van der Waals surface area (Å²) in [6.07, 6.45) is 3.21. The van der Waals surface area contributed by atoms with Gasteiger partial charge in [0, 0.05) is 31.6 Å². The van der Waals surface area contributed by atoms with E-state index >= 15 is 0 Å². The summed E-state index contributed by atoms with van der Waals surface area (Å²) in [7, 11) is -2.05. The summed E-state index contributed by atoms with van der Waals surface area (Å²) in [6.45, 7) is 4.47. The van der Waals surface area contributed by atoms with Crippen LogP contribution in [0.2, 0.25) is 0 Å². The van der Waals surface area contributed by atoms with Gasteiger partial charge in [-0.3, -0.25) is 9.59 Å². The van der Waals surface area contributed by atoms with Crippen LogP contribution in [-0.2, 0) is 24.3 Å². The monoisotopic (exact) mass is 424 g/mol. The van der Waals surface area contributed by atoms with Crippen molar-refractivity contribution < 1.29 is 27.6 Å². The topological polar surface area (TPSA) is 97.2 Å². The van der Waals surface area contributed by atoms with Crippen molar-refractivity contribution in [2.45, 2.75) is 43.5 Å². The van der Waals surface area contributed by atoms with Crippen LogP contribution in [0, 0.1) is 5.92 Å². The van der Waals surface area contributed by atoms with E-state index in [1.165, 1.54) is 11.4 Å². The molecule has 2 fully saturated rings. The van der Waals surface area contributed by atoms with Gasteiger partial charge in [-0.05, 0) is 44.0 Å².